The van der Waals surface area contributed by atoms with E-state index in [1.165, 1.54) is 24.1 Å². The van der Waals surface area contributed by atoms with E-state index in [0.29, 0.717) is 0 Å². The zero-order valence-electron chi connectivity index (χ0n) is 10.6. The maximum atomic E-state index is 12.5. The van der Waals surface area contributed by atoms with Crippen molar-refractivity contribution in [1.29, 1.82) is 0 Å². The Labute approximate surface area is 111 Å². The molecule has 1 N–H and O–H groups in total. The molecule has 2 rings (SSSR count). The number of nitrogens with one attached hydrogen (secondary N) is 1. The first-order chi connectivity index (χ1) is 9.40. The van der Waals surface area contributed by atoms with Crippen molar-refractivity contribution in [2.75, 3.05) is 12.4 Å². The molecule has 0 bridgehead atoms. The highest BCUT2D eigenvalue weighted by Gasteiger charge is 2.38. The summed E-state index contributed by atoms with van der Waals surface area (Å²) in [5.41, 5.74) is 0. The molecule has 0 aromatic carbocycles. The van der Waals surface area contributed by atoms with Crippen LogP contribution in [0, 0.1) is 0 Å². The van der Waals surface area contributed by atoms with Gasteiger partial charge in [0.1, 0.15) is 6.33 Å². The van der Waals surface area contributed by atoms with Gasteiger partial charge in [-0.15, -0.1) is 0 Å². The molecule has 0 amide bonds. The number of hydrogen-bond donors (Lipinski definition) is 1. The topological polar surface area (TPSA) is 77.8 Å². The number of hydrogen-bond acceptors (Lipinski definition) is 6. The van der Waals surface area contributed by atoms with Crippen LogP contribution in [0.5, 0.6) is 6.01 Å². The zero-order valence-corrected chi connectivity index (χ0v) is 10.6. The Morgan fingerprint density at radius 1 is 1.30 bits per heavy atom. The van der Waals surface area contributed by atoms with E-state index in [0.717, 1.165) is 6.92 Å². The molecule has 0 aliphatic heterocycles. The SMILES string of the molecule is CNc1nc(OC(C)C(F)(F)F)nc(-n2ccnc2)n1. The van der Waals surface area contributed by atoms with Crippen LogP contribution >= 0.6 is 0 Å². The number of ether oxygens (including phenoxy) is 1. The Morgan fingerprint density at radius 3 is 2.60 bits per heavy atom. The normalized spacial score (nSPS) is 13.1. The summed E-state index contributed by atoms with van der Waals surface area (Å²) in [6.45, 7) is 0.875. The third-order valence-corrected chi connectivity index (χ3v) is 2.31. The molecule has 0 aliphatic carbocycles. The van der Waals surface area contributed by atoms with Crippen molar-refractivity contribution in [3.8, 4) is 12.0 Å². The number of aromatic nitrogens is 5. The van der Waals surface area contributed by atoms with Crippen molar-refractivity contribution in [3.05, 3.63) is 18.7 Å². The van der Waals surface area contributed by atoms with Gasteiger partial charge in [-0.2, -0.15) is 28.1 Å². The maximum Gasteiger partial charge on any atom is 0.425 e. The van der Waals surface area contributed by atoms with Gasteiger partial charge in [0.2, 0.25) is 11.9 Å². The summed E-state index contributed by atoms with van der Waals surface area (Å²) in [5, 5.41) is 2.62. The molecule has 7 nitrogen and oxygen atoms in total. The van der Waals surface area contributed by atoms with Gasteiger partial charge in [0.05, 0.1) is 0 Å². The van der Waals surface area contributed by atoms with Crippen molar-refractivity contribution in [2.45, 2.75) is 19.2 Å². The quantitative estimate of drug-likeness (QED) is 0.917. The molecular formula is C10H11F3N6O. The molecule has 0 spiro atoms. The monoisotopic (exact) mass is 288 g/mol. The fraction of sp³-hybridized carbons (Fsp3) is 0.400. The molecular weight excluding hydrogens is 277 g/mol. The largest absolute Gasteiger partial charge is 0.451 e. The van der Waals surface area contributed by atoms with Gasteiger partial charge >= 0.3 is 12.2 Å². The first kappa shape index (κ1) is 14.0. The van der Waals surface area contributed by atoms with Gasteiger partial charge in [0.25, 0.3) is 0 Å². The molecule has 0 fully saturated rings. The van der Waals surface area contributed by atoms with Gasteiger partial charge in [-0.1, -0.05) is 0 Å². The molecule has 0 radical (unpaired) electrons. The summed E-state index contributed by atoms with van der Waals surface area (Å²) in [6.07, 6.45) is -2.08. The molecule has 10 heteroatoms. The molecule has 1 atom stereocenters. The molecule has 0 aliphatic rings. The molecule has 1 unspecified atom stereocenters. The highest BCUT2D eigenvalue weighted by molar-refractivity contribution is 5.29. The van der Waals surface area contributed by atoms with Gasteiger partial charge in [0, 0.05) is 19.4 Å². The molecule has 108 valence electrons. The Kier molecular flexibility index (Phi) is 3.72. The molecule has 20 heavy (non-hydrogen) atoms. The number of anilines is 1. The highest BCUT2D eigenvalue weighted by atomic mass is 19.4. The highest BCUT2D eigenvalue weighted by Crippen LogP contribution is 2.23. The number of alkyl halides is 3. The van der Waals surface area contributed by atoms with Crippen molar-refractivity contribution in [2.24, 2.45) is 0 Å². The average Bonchev–Trinajstić information content (AvgIpc) is 2.91. The zero-order chi connectivity index (χ0) is 14.8. The first-order valence-electron chi connectivity index (χ1n) is 5.55. The summed E-state index contributed by atoms with van der Waals surface area (Å²) < 4.78 is 43.5. The molecule has 2 aromatic rings. The summed E-state index contributed by atoms with van der Waals surface area (Å²) in [4.78, 5) is 15.3. The predicted octanol–water partition coefficient (Wildman–Crippen LogP) is 1.43. The Morgan fingerprint density at radius 2 is 2.05 bits per heavy atom. The van der Waals surface area contributed by atoms with E-state index in [1.807, 2.05) is 0 Å². The van der Waals surface area contributed by atoms with E-state index in [2.05, 4.69) is 25.3 Å². The van der Waals surface area contributed by atoms with Crippen molar-refractivity contribution >= 4 is 5.95 Å². The van der Waals surface area contributed by atoms with Crippen LogP contribution in [0.4, 0.5) is 19.1 Å². The van der Waals surface area contributed by atoms with E-state index >= 15 is 0 Å². The van der Waals surface area contributed by atoms with Crippen LogP contribution in [0.3, 0.4) is 0 Å². The lowest BCUT2D eigenvalue weighted by atomic mass is 10.4. The van der Waals surface area contributed by atoms with Crippen molar-refractivity contribution in [1.82, 2.24) is 24.5 Å². The number of halogens is 3. The third-order valence-electron chi connectivity index (χ3n) is 2.31. The minimum absolute atomic E-state index is 0.0908. The Hall–Kier alpha value is -2.39. The second-order valence-electron chi connectivity index (χ2n) is 3.76. The Bertz CT molecular complexity index is 571. The number of rotatable bonds is 4. The molecule has 0 saturated heterocycles. The second-order valence-corrected chi connectivity index (χ2v) is 3.76. The summed E-state index contributed by atoms with van der Waals surface area (Å²) in [7, 11) is 1.53. The van der Waals surface area contributed by atoms with Crippen LogP contribution in [0.15, 0.2) is 18.7 Å². The Balaban J connectivity index is 2.32. The van der Waals surface area contributed by atoms with Crippen LogP contribution in [0.25, 0.3) is 5.95 Å². The van der Waals surface area contributed by atoms with Gasteiger partial charge < -0.3 is 10.1 Å². The number of imidazole rings is 1. The number of nitrogens with zero attached hydrogens (tertiary/aromatic N) is 5. The van der Waals surface area contributed by atoms with Crippen LogP contribution < -0.4 is 10.1 Å². The lowest BCUT2D eigenvalue weighted by Crippen LogP contribution is -2.32. The van der Waals surface area contributed by atoms with Crippen LogP contribution in [-0.4, -0.2) is 43.8 Å². The van der Waals surface area contributed by atoms with Crippen LogP contribution in [-0.2, 0) is 0 Å². The van der Waals surface area contributed by atoms with Gasteiger partial charge in [0.15, 0.2) is 6.10 Å². The van der Waals surface area contributed by atoms with E-state index in [-0.39, 0.29) is 11.9 Å². The van der Waals surface area contributed by atoms with E-state index in [4.69, 9.17) is 4.74 Å². The van der Waals surface area contributed by atoms with Crippen molar-refractivity contribution in [3.63, 3.8) is 0 Å². The molecule has 2 aromatic heterocycles. The predicted molar refractivity (Wildman–Crippen MR) is 62.6 cm³/mol. The maximum absolute atomic E-state index is 12.5. The second kappa shape index (κ2) is 5.31. The first-order valence-corrected chi connectivity index (χ1v) is 5.55. The summed E-state index contributed by atoms with van der Waals surface area (Å²) in [5.74, 6) is 0.194. The fourth-order valence-electron chi connectivity index (χ4n) is 1.23. The van der Waals surface area contributed by atoms with Gasteiger partial charge in [-0.05, 0) is 6.92 Å². The lowest BCUT2D eigenvalue weighted by Gasteiger charge is -2.16. The van der Waals surface area contributed by atoms with Crippen molar-refractivity contribution < 1.29 is 17.9 Å². The molecule has 0 saturated carbocycles. The molecule has 2 heterocycles. The van der Waals surface area contributed by atoms with Crippen LogP contribution in [0.1, 0.15) is 6.92 Å². The van der Waals surface area contributed by atoms with Gasteiger partial charge in [-0.3, -0.25) is 4.57 Å². The van der Waals surface area contributed by atoms with Gasteiger partial charge in [-0.25, -0.2) is 4.98 Å². The minimum atomic E-state index is -4.50. The average molecular weight is 288 g/mol. The fourth-order valence-corrected chi connectivity index (χ4v) is 1.23. The lowest BCUT2D eigenvalue weighted by molar-refractivity contribution is -0.190. The van der Waals surface area contributed by atoms with Crippen LogP contribution in [0.2, 0.25) is 0 Å². The minimum Gasteiger partial charge on any atom is -0.451 e. The smallest absolute Gasteiger partial charge is 0.425 e. The van der Waals surface area contributed by atoms with E-state index in [1.54, 1.807) is 6.20 Å². The van der Waals surface area contributed by atoms with E-state index in [9.17, 15) is 13.2 Å². The van der Waals surface area contributed by atoms with E-state index < -0.39 is 18.3 Å². The summed E-state index contributed by atoms with van der Waals surface area (Å²) >= 11 is 0. The third kappa shape index (κ3) is 3.13. The standard InChI is InChI=1S/C10H11F3N6O/c1-6(10(11,12)13)20-9-17-7(14-2)16-8(18-9)19-4-3-15-5-19/h3-6H,1-2H3,(H,14,16,17,18). The summed E-state index contributed by atoms with van der Waals surface area (Å²) in [6, 6.07) is -0.419.